The first-order valence-electron chi connectivity index (χ1n) is 6.63. The Morgan fingerprint density at radius 1 is 1.19 bits per heavy atom. The molecular weight excluding hydrogens is 262 g/mol. The van der Waals surface area contributed by atoms with E-state index in [2.05, 4.69) is 21.5 Å². The molecule has 2 aromatic heterocycles. The molecule has 0 aliphatic heterocycles. The topological polar surface area (TPSA) is 47.4 Å². The second kappa shape index (κ2) is 7.75. The molecule has 0 radical (unpaired) electrons. The summed E-state index contributed by atoms with van der Waals surface area (Å²) in [6, 6.07) is 11.4. The maximum absolute atomic E-state index is 5.50. The lowest BCUT2D eigenvalue weighted by molar-refractivity contribution is 0.217. The average molecular weight is 279 g/mol. The number of hydrogen-bond acceptors (Lipinski definition) is 4. The van der Waals surface area contributed by atoms with Crippen LogP contribution in [0.5, 0.6) is 0 Å². The Morgan fingerprint density at radius 2 is 1.95 bits per heavy atom. The SMILES string of the molecule is C=C(C=N/C(=C\C)c1ccccn1)OCc1ccccn1. The van der Waals surface area contributed by atoms with Crippen LogP contribution in [-0.4, -0.2) is 16.2 Å². The Morgan fingerprint density at radius 3 is 2.57 bits per heavy atom. The highest BCUT2D eigenvalue weighted by Gasteiger charge is 1.99. The van der Waals surface area contributed by atoms with Crippen molar-refractivity contribution in [2.45, 2.75) is 13.5 Å². The molecule has 0 fully saturated rings. The fourth-order valence-electron chi connectivity index (χ4n) is 1.63. The van der Waals surface area contributed by atoms with Crippen LogP contribution in [0.3, 0.4) is 0 Å². The van der Waals surface area contributed by atoms with E-state index in [0.717, 1.165) is 17.1 Å². The molecule has 0 amide bonds. The fraction of sp³-hybridized carbons (Fsp3) is 0.118. The van der Waals surface area contributed by atoms with Crippen LogP contribution < -0.4 is 0 Å². The zero-order valence-electron chi connectivity index (χ0n) is 11.9. The van der Waals surface area contributed by atoms with E-state index in [1.807, 2.05) is 49.4 Å². The summed E-state index contributed by atoms with van der Waals surface area (Å²) in [5.74, 6) is 0.482. The summed E-state index contributed by atoms with van der Waals surface area (Å²) in [4.78, 5) is 12.8. The van der Waals surface area contributed by atoms with Crippen molar-refractivity contribution in [3.63, 3.8) is 0 Å². The van der Waals surface area contributed by atoms with Crippen LogP contribution in [0.2, 0.25) is 0 Å². The molecule has 0 saturated heterocycles. The molecule has 0 aromatic carbocycles. The molecule has 0 spiro atoms. The van der Waals surface area contributed by atoms with Crippen LogP contribution in [0, 0.1) is 0 Å². The van der Waals surface area contributed by atoms with Crippen molar-refractivity contribution in [2.75, 3.05) is 0 Å². The van der Waals surface area contributed by atoms with Crippen LogP contribution in [0.15, 0.2) is 72.2 Å². The molecule has 0 N–H and O–H groups in total. The highest BCUT2D eigenvalue weighted by molar-refractivity contribution is 5.81. The molecule has 0 saturated carbocycles. The number of aromatic nitrogens is 2. The number of allylic oxidation sites excluding steroid dienone is 2. The molecule has 2 rings (SSSR count). The van der Waals surface area contributed by atoms with Gasteiger partial charge in [-0.25, -0.2) is 0 Å². The smallest absolute Gasteiger partial charge is 0.130 e. The second-order valence-corrected chi connectivity index (χ2v) is 4.22. The normalized spacial score (nSPS) is 11.6. The molecule has 4 heteroatoms. The zero-order valence-corrected chi connectivity index (χ0v) is 11.9. The van der Waals surface area contributed by atoms with Crippen molar-refractivity contribution in [2.24, 2.45) is 4.99 Å². The van der Waals surface area contributed by atoms with Crippen molar-refractivity contribution < 1.29 is 4.74 Å². The van der Waals surface area contributed by atoms with Gasteiger partial charge in [-0.2, -0.15) is 0 Å². The van der Waals surface area contributed by atoms with Gasteiger partial charge in [0.05, 0.1) is 23.3 Å². The summed E-state index contributed by atoms with van der Waals surface area (Å²) in [5, 5.41) is 0. The molecule has 2 heterocycles. The maximum Gasteiger partial charge on any atom is 0.130 e. The van der Waals surface area contributed by atoms with E-state index < -0.39 is 0 Å². The number of ether oxygens (including phenoxy) is 1. The van der Waals surface area contributed by atoms with Gasteiger partial charge >= 0.3 is 0 Å². The van der Waals surface area contributed by atoms with Crippen LogP contribution in [0.4, 0.5) is 0 Å². The summed E-state index contributed by atoms with van der Waals surface area (Å²) in [6.07, 6.45) is 6.95. The molecule has 0 aliphatic rings. The summed E-state index contributed by atoms with van der Waals surface area (Å²) < 4.78 is 5.50. The highest BCUT2D eigenvalue weighted by Crippen LogP contribution is 2.12. The number of aliphatic imine (C=N–C) groups is 1. The number of hydrogen-bond donors (Lipinski definition) is 0. The summed E-state index contributed by atoms with van der Waals surface area (Å²) in [5.41, 5.74) is 2.44. The third-order valence-corrected chi connectivity index (χ3v) is 2.68. The van der Waals surface area contributed by atoms with Gasteiger partial charge < -0.3 is 4.74 Å². The summed E-state index contributed by atoms with van der Waals surface area (Å²) >= 11 is 0. The predicted molar refractivity (Wildman–Crippen MR) is 84.5 cm³/mol. The van der Waals surface area contributed by atoms with Crippen molar-refractivity contribution in [3.8, 4) is 0 Å². The van der Waals surface area contributed by atoms with E-state index >= 15 is 0 Å². The number of rotatable bonds is 6. The van der Waals surface area contributed by atoms with Gasteiger partial charge in [0, 0.05) is 12.4 Å². The van der Waals surface area contributed by atoms with Crippen molar-refractivity contribution in [3.05, 3.63) is 78.6 Å². The Hall–Kier alpha value is -2.75. The quantitative estimate of drug-likeness (QED) is 0.599. The summed E-state index contributed by atoms with van der Waals surface area (Å²) in [7, 11) is 0. The van der Waals surface area contributed by atoms with E-state index in [9.17, 15) is 0 Å². The molecule has 0 unspecified atom stereocenters. The number of nitrogens with zero attached hydrogens (tertiary/aromatic N) is 3. The molecule has 4 nitrogen and oxygen atoms in total. The van der Waals surface area contributed by atoms with E-state index in [4.69, 9.17) is 4.74 Å². The molecule has 0 atom stereocenters. The summed E-state index contributed by atoms with van der Waals surface area (Å²) in [6.45, 7) is 6.11. The minimum absolute atomic E-state index is 0.375. The van der Waals surface area contributed by atoms with E-state index in [0.29, 0.717) is 12.4 Å². The Kier molecular flexibility index (Phi) is 5.41. The Labute approximate surface area is 124 Å². The van der Waals surface area contributed by atoms with E-state index in [-0.39, 0.29) is 0 Å². The first-order chi connectivity index (χ1) is 10.3. The van der Waals surface area contributed by atoms with Crippen LogP contribution in [0.1, 0.15) is 18.3 Å². The molecule has 2 aromatic rings. The molecule has 0 bridgehead atoms. The van der Waals surface area contributed by atoms with Crippen LogP contribution in [-0.2, 0) is 11.3 Å². The first kappa shape index (κ1) is 14.7. The van der Waals surface area contributed by atoms with Crippen molar-refractivity contribution in [1.29, 1.82) is 0 Å². The highest BCUT2D eigenvalue weighted by atomic mass is 16.5. The average Bonchev–Trinajstić information content (AvgIpc) is 2.55. The third-order valence-electron chi connectivity index (χ3n) is 2.68. The van der Waals surface area contributed by atoms with Gasteiger partial charge in [-0.15, -0.1) is 0 Å². The first-order valence-corrected chi connectivity index (χ1v) is 6.63. The lowest BCUT2D eigenvalue weighted by Crippen LogP contribution is -1.96. The largest absolute Gasteiger partial charge is 0.486 e. The number of pyridine rings is 2. The van der Waals surface area contributed by atoms with Gasteiger partial charge in [0.15, 0.2) is 0 Å². The van der Waals surface area contributed by atoms with Gasteiger partial charge in [0.1, 0.15) is 12.4 Å². The van der Waals surface area contributed by atoms with Gasteiger partial charge in [-0.05, 0) is 31.2 Å². The molecule has 106 valence electrons. The van der Waals surface area contributed by atoms with E-state index in [1.165, 1.54) is 0 Å². The van der Waals surface area contributed by atoms with Crippen LogP contribution >= 0.6 is 0 Å². The maximum atomic E-state index is 5.50. The minimum atomic E-state index is 0.375. The molecule has 0 aliphatic carbocycles. The third kappa shape index (κ3) is 4.69. The fourth-order valence-corrected chi connectivity index (χ4v) is 1.63. The van der Waals surface area contributed by atoms with Gasteiger partial charge in [0.25, 0.3) is 0 Å². The zero-order chi connectivity index (χ0) is 14.9. The minimum Gasteiger partial charge on any atom is -0.486 e. The standard InChI is InChI=1S/C17H17N3O/c1-3-16(17-9-5-7-11-19-17)20-12-14(2)21-13-15-8-4-6-10-18-15/h3-12H,2,13H2,1H3/b16-3-,20-12?. The van der Waals surface area contributed by atoms with E-state index in [1.54, 1.807) is 18.6 Å². The molecular formula is C17H17N3O. The lowest BCUT2D eigenvalue weighted by atomic mass is 10.3. The second-order valence-electron chi connectivity index (χ2n) is 4.22. The van der Waals surface area contributed by atoms with Crippen molar-refractivity contribution >= 4 is 11.9 Å². The lowest BCUT2D eigenvalue weighted by Gasteiger charge is -2.05. The van der Waals surface area contributed by atoms with Gasteiger partial charge in [-0.1, -0.05) is 24.8 Å². The molecule has 21 heavy (non-hydrogen) atoms. The predicted octanol–water partition coefficient (Wildman–Crippen LogP) is 3.64. The Balaban J connectivity index is 1.92. The van der Waals surface area contributed by atoms with Gasteiger partial charge in [-0.3, -0.25) is 15.0 Å². The van der Waals surface area contributed by atoms with Crippen LogP contribution in [0.25, 0.3) is 5.70 Å². The Bertz CT molecular complexity index is 634. The van der Waals surface area contributed by atoms with Gasteiger partial charge in [0.2, 0.25) is 0 Å². The van der Waals surface area contributed by atoms with Crippen molar-refractivity contribution in [1.82, 2.24) is 9.97 Å². The monoisotopic (exact) mass is 279 g/mol.